The first kappa shape index (κ1) is 18.0. The van der Waals surface area contributed by atoms with Crippen molar-refractivity contribution in [3.63, 3.8) is 0 Å². The Balaban J connectivity index is 2.93. The van der Waals surface area contributed by atoms with Crippen LogP contribution >= 0.6 is 0 Å². The van der Waals surface area contributed by atoms with E-state index in [2.05, 4.69) is 11.4 Å². The number of anilines is 1. The van der Waals surface area contributed by atoms with E-state index in [-0.39, 0.29) is 5.91 Å². The molecule has 1 N–H and O–H groups in total. The van der Waals surface area contributed by atoms with E-state index in [4.69, 9.17) is 9.47 Å². The Morgan fingerprint density at radius 3 is 2.64 bits per heavy atom. The molecule has 0 aliphatic rings. The topological polar surface area (TPSA) is 71.3 Å². The molecule has 0 aliphatic heterocycles. The fraction of sp³-hybridized carbons (Fsp3) is 0.529. The van der Waals surface area contributed by atoms with Gasteiger partial charge in [0, 0.05) is 7.11 Å². The standard InChI is InChI=1S/C17H24N2O3/c1-5-9-17(3,21-4)16(20)19-15-8-7-14(22-10-6-2)11-13(15)12-18/h7-8,11H,5-6,9-10H2,1-4H3,(H,19,20). The summed E-state index contributed by atoms with van der Waals surface area (Å²) in [5.41, 5.74) is -0.0635. The lowest BCUT2D eigenvalue weighted by Crippen LogP contribution is -2.41. The highest BCUT2D eigenvalue weighted by Gasteiger charge is 2.32. The summed E-state index contributed by atoms with van der Waals surface area (Å²) in [5.74, 6) is 0.370. The van der Waals surface area contributed by atoms with E-state index in [9.17, 15) is 10.1 Å². The van der Waals surface area contributed by atoms with Crippen LogP contribution < -0.4 is 10.1 Å². The van der Waals surface area contributed by atoms with E-state index in [0.29, 0.717) is 30.0 Å². The molecule has 5 nitrogen and oxygen atoms in total. The number of amides is 1. The summed E-state index contributed by atoms with van der Waals surface area (Å²) >= 11 is 0. The van der Waals surface area contributed by atoms with Crippen molar-refractivity contribution in [3.05, 3.63) is 23.8 Å². The molecule has 1 aromatic carbocycles. The van der Waals surface area contributed by atoms with E-state index >= 15 is 0 Å². The minimum absolute atomic E-state index is 0.254. The zero-order valence-corrected chi connectivity index (χ0v) is 13.7. The van der Waals surface area contributed by atoms with Crippen LogP contribution in [0.15, 0.2) is 18.2 Å². The maximum Gasteiger partial charge on any atom is 0.256 e. The first-order valence-electron chi connectivity index (χ1n) is 7.54. The maximum atomic E-state index is 12.4. The molecule has 0 saturated carbocycles. The van der Waals surface area contributed by atoms with Crippen LogP contribution in [0.2, 0.25) is 0 Å². The summed E-state index contributed by atoms with van der Waals surface area (Å²) < 4.78 is 10.8. The second-order valence-corrected chi connectivity index (χ2v) is 5.31. The molecule has 0 spiro atoms. The molecule has 1 amide bonds. The van der Waals surface area contributed by atoms with E-state index in [1.165, 1.54) is 7.11 Å². The van der Waals surface area contributed by atoms with Gasteiger partial charge >= 0.3 is 0 Å². The van der Waals surface area contributed by atoms with Gasteiger partial charge in [0.1, 0.15) is 17.4 Å². The Hall–Kier alpha value is -2.06. The molecule has 1 aromatic rings. The van der Waals surface area contributed by atoms with Crippen molar-refractivity contribution in [2.24, 2.45) is 0 Å². The fourth-order valence-electron chi connectivity index (χ4n) is 2.07. The third kappa shape index (κ3) is 4.47. The minimum atomic E-state index is -0.904. The number of hydrogen-bond acceptors (Lipinski definition) is 4. The average molecular weight is 304 g/mol. The van der Waals surface area contributed by atoms with Gasteiger partial charge in [-0.3, -0.25) is 4.79 Å². The number of carbonyl (C=O) groups excluding carboxylic acids is 1. The predicted octanol–water partition coefficient (Wildman–Crippen LogP) is 3.49. The molecule has 0 aromatic heterocycles. The highest BCUT2D eigenvalue weighted by atomic mass is 16.5. The van der Waals surface area contributed by atoms with Gasteiger partial charge in [0.2, 0.25) is 0 Å². The van der Waals surface area contributed by atoms with Crippen molar-refractivity contribution in [2.75, 3.05) is 19.0 Å². The Morgan fingerprint density at radius 1 is 1.36 bits per heavy atom. The second-order valence-electron chi connectivity index (χ2n) is 5.31. The second kappa shape index (κ2) is 8.40. The molecule has 0 saturated heterocycles. The van der Waals surface area contributed by atoms with Gasteiger partial charge in [-0.2, -0.15) is 5.26 Å². The van der Waals surface area contributed by atoms with Gasteiger partial charge in [-0.25, -0.2) is 0 Å². The largest absolute Gasteiger partial charge is 0.494 e. The summed E-state index contributed by atoms with van der Waals surface area (Å²) in [6, 6.07) is 7.15. The summed E-state index contributed by atoms with van der Waals surface area (Å²) in [6.07, 6.45) is 2.32. The van der Waals surface area contributed by atoms with Crippen LogP contribution in [0.1, 0.15) is 45.6 Å². The lowest BCUT2D eigenvalue weighted by Gasteiger charge is -2.26. The summed E-state index contributed by atoms with van der Waals surface area (Å²) in [6.45, 7) is 6.34. The quantitative estimate of drug-likeness (QED) is 0.798. The number of methoxy groups -OCH3 is 1. The molecule has 1 unspecified atom stereocenters. The number of benzene rings is 1. The molecule has 0 heterocycles. The van der Waals surface area contributed by atoms with Gasteiger partial charge in [0.05, 0.1) is 17.9 Å². The van der Waals surface area contributed by atoms with Crippen LogP contribution in [0.5, 0.6) is 5.75 Å². The average Bonchev–Trinajstić information content (AvgIpc) is 2.53. The van der Waals surface area contributed by atoms with Gasteiger partial charge in [-0.05, 0) is 38.0 Å². The fourth-order valence-corrected chi connectivity index (χ4v) is 2.07. The van der Waals surface area contributed by atoms with Crippen LogP contribution in [0.4, 0.5) is 5.69 Å². The number of nitriles is 1. The van der Waals surface area contributed by atoms with Crippen LogP contribution in [-0.4, -0.2) is 25.2 Å². The number of rotatable bonds is 8. The van der Waals surface area contributed by atoms with Crippen molar-refractivity contribution in [1.82, 2.24) is 0 Å². The highest BCUT2D eigenvalue weighted by Crippen LogP contribution is 2.25. The van der Waals surface area contributed by atoms with Crippen LogP contribution in [0.25, 0.3) is 0 Å². The Bertz CT molecular complexity index is 551. The zero-order chi connectivity index (χ0) is 16.6. The number of hydrogen-bond donors (Lipinski definition) is 1. The van der Waals surface area contributed by atoms with Gasteiger partial charge in [-0.1, -0.05) is 20.3 Å². The van der Waals surface area contributed by atoms with Gasteiger partial charge in [0.25, 0.3) is 5.91 Å². The van der Waals surface area contributed by atoms with E-state index < -0.39 is 5.60 Å². The first-order valence-corrected chi connectivity index (χ1v) is 7.54. The maximum absolute atomic E-state index is 12.4. The third-order valence-corrected chi connectivity index (χ3v) is 3.49. The molecular formula is C17H24N2O3. The molecule has 0 radical (unpaired) electrons. The van der Waals surface area contributed by atoms with Crippen molar-refractivity contribution in [3.8, 4) is 11.8 Å². The lowest BCUT2D eigenvalue weighted by molar-refractivity contribution is -0.136. The number of ether oxygens (including phenoxy) is 2. The minimum Gasteiger partial charge on any atom is -0.494 e. The molecule has 0 aliphatic carbocycles. The smallest absolute Gasteiger partial charge is 0.256 e. The monoisotopic (exact) mass is 304 g/mol. The molecular weight excluding hydrogens is 280 g/mol. The SMILES string of the molecule is CCCOc1ccc(NC(=O)C(C)(CCC)OC)c(C#N)c1. The molecule has 0 bridgehead atoms. The number of nitrogens with one attached hydrogen (secondary N) is 1. The number of carbonyl (C=O) groups is 1. The molecule has 22 heavy (non-hydrogen) atoms. The summed E-state index contributed by atoms with van der Waals surface area (Å²) in [5, 5.41) is 12.0. The molecule has 1 rings (SSSR count). The summed E-state index contributed by atoms with van der Waals surface area (Å²) in [4.78, 5) is 12.4. The van der Waals surface area contributed by atoms with Crippen LogP contribution in [-0.2, 0) is 9.53 Å². The summed E-state index contributed by atoms with van der Waals surface area (Å²) in [7, 11) is 1.52. The van der Waals surface area contributed by atoms with Gasteiger partial charge in [0.15, 0.2) is 0 Å². The van der Waals surface area contributed by atoms with Crippen molar-refractivity contribution in [2.45, 2.75) is 45.6 Å². The molecule has 1 atom stereocenters. The van der Waals surface area contributed by atoms with Crippen LogP contribution in [0.3, 0.4) is 0 Å². The molecule has 120 valence electrons. The van der Waals surface area contributed by atoms with Crippen molar-refractivity contribution < 1.29 is 14.3 Å². The van der Waals surface area contributed by atoms with Gasteiger partial charge in [-0.15, -0.1) is 0 Å². The Morgan fingerprint density at radius 2 is 2.09 bits per heavy atom. The predicted molar refractivity (Wildman–Crippen MR) is 85.9 cm³/mol. The Kier molecular flexibility index (Phi) is 6.87. The molecule has 0 fully saturated rings. The zero-order valence-electron chi connectivity index (χ0n) is 13.7. The number of nitrogens with zero attached hydrogens (tertiary/aromatic N) is 1. The highest BCUT2D eigenvalue weighted by molar-refractivity contribution is 5.98. The molecule has 5 heteroatoms. The third-order valence-electron chi connectivity index (χ3n) is 3.49. The first-order chi connectivity index (χ1) is 10.5. The van der Waals surface area contributed by atoms with Crippen molar-refractivity contribution in [1.29, 1.82) is 5.26 Å². The van der Waals surface area contributed by atoms with Crippen molar-refractivity contribution >= 4 is 11.6 Å². The van der Waals surface area contributed by atoms with E-state index in [0.717, 1.165) is 12.8 Å². The lowest BCUT2D eigenvalue weighted by atomic mass is 9.99. The van der Waals surface area contributed by atoms with Gasteiger partial charge < -0.3 is 14.8 Å². The Labute approximate surface area is 132 Å². The van der Waals surface area contributed by atoms with E-state index in [1.54, 1.807) is 25.1 Å². The van der Waals surface area contributed by atoms with E-state index in [1.807, 2.05) is 13.8 Å². The normalized spacial score (nSPS) is 13.0. The van der Waals surface area contributed by atoms with Crippen LogP contribution in [0, 0.1) is 11.3 Å².